The molecule has 5 nitrogen and oxygen atoms in total. The second-order valence-electron chi connectivity index (χ2n) is 6.84. The minimum Gasteiger partial charge on any atom is -0.381 e. The third-order valence-corrected chi connectivity index (χ3v) is 5.87. The molecular weight excluding hydrogens is 370 g/mol. The number of aromatic nitrogens is 2. The number of amides is 1. The van der Waals surface area contributed by atoms with Crippen LogP contribution in [0.3, 0.4) is 0 Å². The zero-order valence-electron chi connectivity index (χ0n) is 15.8. The smallest absolute Gasteiger partial charge is 0.227 e. The lowest BCUT2D eigenvalue weighted by Gasteiger charge is -2.21. The van der Waals surface area contributed by atoms with E-state index in [9.17, 15) is 4.79 Å². The molecule has 0 bridgehead atoms. The Labute approximate surface area is 169 Å². The van der Waals surface area contributed by atoms with Crippen LogP contribution in [0.5, 0.6) is 0 Å². The third kappa shape index (κ3) is 4.46. The van der Waals surface area contributed by atoms with Crippen LogP contribution in [0.2, 0.25) is 0 Å². The lowest BCUT2D eigenvalue weighted by atomic mass is 9.99. The van der Waals surface area contributed by atoms with Crippen molar-refractivity contribution in [2.75, 3.05) is 18.5 Å². The van der Waals surface area contributed by atoms with Crippen molar-refractivity contribution >= 4 is 23.4 Å². The predicted molar refractivity (Wildman–Crippen MR) is 111 cm³/mol. The Hall–Kier alpha value is -2.57. The standard InChI is InChI=1S/C22H23N3O2S/c1-16-23-11-12-25(16)19-5-7-20(8-6-19)28-21-4-2-3-18(15-21)24-22(26)17-9-13-27-14-10-17/h2-8,11-12,15,17H,9-10,13-14H2,1H3,(H,24,26). The van der Waals surface area contributed by atoms with Crippen LogP contribution in [0.4, 0.5) is 5.69 Å². The summed E-state index contributed by atoms with van der Waals surface area (Å²) in [4.78, 5) is 18.9. The van der Waals surface area contributed by atoms with E-state index >= 15 is 0 Å². The van der Waals surface area contributed by atoms with Gasteiger partial charge in [-0.2, -0.15) is 0 Å². The van der Waals surface area contributed by atoms with Crippen LogP contribution < -0.4 is 5.32 Å². The summed E-state index contributed by atoms with van der Waals surface area (Å²) in [5.74, 6) is 1.10. The van der Waals surface area contributed by atoms with Gasteiger partial charge in [-0.15, -0.1) is 0 Å². The maximum atomic E-state index is 12.4. The highest BCUT2D eigenvalue weighted by atomic mass is 32.2. The van der Waals surface area contributed by atoms with E-state index in [1.54, 1.807) is 18.0 Å². The number of hydrogen-bond acceptors (Lipinski definition) is 4. The SMILES string of the molecule is Cc1nccn1-c1ccc(Sc2cccc(NC(=O)C3CCOCC3)c2)cc1. The lowest BCUT2D eigenvalue weighted by molar-refractivity contribution is -0.122. The molecule has 1 fully saturated rings. The van der Waals surface area contributed by atoms with Crippen LogP contribution in [0, 0.1) is 12.8 Å². The summed E-state index contributed by atoms with van der Waals surface area (Å²) in [6.45, 7) is 3.33. The van der Waals surface area contributed by atoms with Crippen molar-refractivity contribution in [1.82, 2.24) is 9.55 Å². The van der Waals surface area contributed by atoms with Crippen molar-refractivity contribution < 1.29 is 9.53 Å². The van der Waals surface area contributed by atoms with Gasteiger partial charge >= 0.3 is 0 Å². The first-order valence-electron chi connectivity index (χ1n) is 9.46. The monoisotopic (exact) mass is 393 g/mol. The highest BCUT2D eigenvalue weighted by Crippen LogP contribution is 2.30. The summed E-state index contributed by atoms with van der Waals surface area (Å²) in [5, 5.41) is 3.05. The fourth-order valence-electron chi connectivity index (χ4n) is 3.30. The molecule has 1 amide bonds. The average molecular weight is 394 g/mol. The van der Waals surface area contributed by atoms with E-state index in [2.05, 4.69) is 45.2 Å². The van der Waals surface area contributed by atoms with Gasteiger partial charge in [-0.25, -0.2) is 4.98 Å². The van der Waals surface area contributed by atoms with Crippen LogP contribution in [-0.2, 0) is 9.53 Å². The molecule has 6 heteroatoms. The van der Waals surface area contributed by atoms with Gasteiger partial charge in [0, 0.05) is 52.7 Å². The Morgan fingerprint density at radius 1 is 1.14 bits per heavy atom. The first-order valence-corrected chi connectivity index (χ1v) is 10.3. The van der Waals surface area contributed by atoms with Crippen molar-refractivity contribution in [3.05, 3.63) is 66.7 Å². The third-order valence-electron chi connectivity index (χ3n) is 4.87. The molecule has 28 heavy (non-hydrogen) atoms. The number of imidazole rings is 1. The van der Waals surface area contributed by atoms with Crippen LogP contribution in [0.25, 0.3) is 5.69 Å². The summed E-state index contributed by atoms with van der Waals surface area (Å²) in [6.07, 6.45) is 5.35. The molecule has 144 valence electrons. The van der Waals surface area contributed by atoms with Crippen molar-refractivity contribution in [3.63, 3.8) is 0 Å². The van der Waals surface area contributed by atoms with Crippen molar-refractivity contribution in [3.8, 4) is 5.69 Å². The quantitative estimate of drug-likeness (QED) is 0.683. The highest BCUT2D eigenvalue weighted by molar-refractivity contribution is 7.99. The second-order valence-corrected chi connectivity index (χ2v) is 7.99. The number of hydrogen-bond donors (Lipinski definition) is 1. The number of nitrogens with one attached hydrogen (secondary N) is 1. The van der Waals surface area contributed by atoms with Crippen LogP contribution in [0.1, 0.15) is 18.7 Å². The molecule has 0 spiro atoms. The molecule has 2 heterocycles. The van der Waals surface area contributed by atoms with Gasteiger partial charge in [-0.05, 0) is 62.2 Å². The van der Waals surface area contributed by atoms with E-state index in [-0.39, 0.29) is 11.8 Å². The molecule has 2 aromatic carbocycles. The van der Waals surface area contributed by atoms with Gasteiger partial charge in [-0.3, -0.25) is 4.79 Å². The van der Waals surface area contributed by atoms with Gasteiger partial charge < -0.3 is 14.6 Å². The van der Waals surface area contributed by atoms with Gasteiger partial charge in [0.15, 0.2) is 0 Å². The van der Waals surface area contributed by atoms with Crippen molar-refractivity contribution in [2.24, 2.45) is 5.92 Å². The number of carbonyl (C=O) groups is 1. The zero-order chi connectivity index (χ0) is 19.3. The molecule has 0 atom stereocenters. The minimum atomic E-state index is 0.0456. The Bertz CT molecular complexity index is 946. The molecule has 4 rings (SSSR count). The molecule has 3 aromatic rings. The van der Waals surface area contributed by atoms with E-state index in [1.807, 2.05) is 31.3 Å². The van der Waals surface area contributed by atoms with Crippen molar-refractivity contribution in [1.29, 1.82) is 0 Å². The number of benzene rings is 2. The maximum Gasteiger partial charge on any atom is 0.227 e. The normalized spacial score (nSPS) is 14.8. The molecule has 1 saturated heterocycles. The average Bonchev–Trinajstić information content (AvgIpc) is 3.15. The van der Waals surface area contributed by atoms with E-state index in [0.29, 0.717) is 13.2 Å². The predicted octanol–water partition coefficient (Wildman–Crippen LogP) is 4.70. The van der Waals surface area contributed by atoms with Gasteiger partial charge in [0.25, 0.3) is 0 Å². The summed E-state index contributed by atoms with van der Waals surface area (Å²) in [6, 6.07) is 16.4. The van der Waals surface area contributed by atoms with Gasteiger partial charge in [0.2, 0.25) is 5.91 Å². The molecule has 0 radical (unpaired) electrons. The Kier molecular flexibility index (Phi) is 5.78. The number of carbonyl (C=O) groups excluding carboxylic acids is 1. The molecule has 1 aliphatic heterocycles. The first-order chi connectivity index (χ1) is 13.7. The second kappa shape index (κ2) is 8.63. The Morgan fingerprint density at radius 2 is 1.93 bits per heavy atom. The summed E-state index contributed by atoms with van der Waals surface area (Å²) in [5.41, 5.74) is 1.93. The molecular formula is C22H23N3O2S. The number of anilines is 1. The Morgan fingerprint density at radius 3 is 2.64 bits per heavy atom. The van der Waals surface area contributed by atoms with E-state index in [0.717, 1.165) is 39.8 Å². The fourth-order valence-corrected chi connectivity index (χ4v) is 4.18. The van der Waals surface area contributed by atoms with Gasteiger partial charge in [0.05, 0.1) is 0 Å². The summed E-state index contributed by atoms with van der Waals surface area (Å²) >= 11 is 1.68. The number of nitrogens with zero attached hydrogens (tertiary/aromatic N) is 2. The molecule has 1 aliphatic rings. The van der Waals surface area contributed by atoms with Crippen molar-refractivity contribution in [2.45, 2.75) is 29.6 Å². The van der Waals surface area contributed by atoms with E-state index in [4.69, 9.17) is 4.74 Å². The van der Waals surface area contributed by atoms with E-state index in [1.165, 1.54) is 0 Å². The summed E-state index contributed by atoms with van der Waals surface area (Å²) in [7, 11) is 0. The van der Waals surface area contributed by atoms with E-state index < -0.39 is 0 Å². The zero-order valence-corrected chi connectivity index (χ0v) is 16.6. The molecule has 0 saturated carbocycles. The molecule has 0 aliphatic carbocycles. The molecule has 0 unspecified atom stereocenters. The van der Waals surface area contributed by atoms with Crippen LogP contribution in [0.15, 0.2) is 70.7 Å². The topological polar surface area (TPSA) is 56.2 Å². The van der Waals surface area contributed by atoms with Crippen LogP contribution in [-0.4, -0.2) is 28.7 Å². The minimum absolute atomic E-state index is 0.0456. The number of rotatable bonds is 5. The Balaban J connectivity index is 1.42. The van der Waals surface area contributed by atoms with Gasteiger partial charge in [-0.1, -0.05) is 17.8 Å². The van der Waals surface area contributed by atoms with Gasteiger partial charge in [0.1, 0.15) is 5.82 Å². The first kappa shape index (κ1) is 18.8. The maximum absolute atomic E-state index is 12.4. The highest BCUT2D eigenvalue weighted by Gasteiger charge is 2.21. The molecule has 1 aromatic heterocycles. The lowest BCUT2D eigenvalue weighted by Crippen LogP contribution is -2.28. The number of ether oxygens (including phenoxy) is 1. The summed E-state index contributed by atoms with van der Waals surface area (Å²) < 4.78 is 7.39. The number of aryl methyl sites for hydroxylation is 1. The fraction of sp³-hybridized carbons (Fsp3) is 0.273. The molecule has 1 N–H and O–H groups in total. The van der Waals surface area contributed by atoms with Crippen LogP contribution >= 0.6 is 11.8 Å². The largest absolute Gasteiger partial charge is 0.381 e.